The average molecular weight is 246 g/mol. The molecule has 3 atom stereocenters. The summed E-state index contributed by atoms with van der Waals surface area (Å²) in [5.41, 5.74) is 4.42. The van der Waals surface area contributed by atoms with E-state index < -0.39 is 0 Å². The molecule has 2 heteroatoms. The average Bonchev–Trinajstić information content (AvgIpc) is 2.20. The summed E-state index contributed by atoms with van der Waals surface area (Å²) < 4.78 is 0. The monoisotopic (exact) mass is 246 g/mol. The fraction of sp³-hybridized carbons (Fsp3) is 0.875. The van der Waals surface area contributed by atoms with E-state index in [2.05, 4.69) is 25.2 Å². The Bertz CT molecular complexity index is 376. The summed E-state index contributed by atoms with van der Waals surface area (Å²) in [6, 6.07) is 0.0495. The molecule has 0 aliphatic heterocycles. The Labute approximate surface area is 111 Å². The normalized spacial score (nSPS) is 51.1. The Morgan fingerprint density at radius 3 is 2.28 bits per heavy atom. The van der Waals surface area contributed by atoms with Crippen molar-refractivity contribution in [3.8, 4) is 12.3 Å². The molecule has 0 saturated heterocycles. The van der Waals surface area contributed by atoms with Crippen LogP contribution in [0.25, 0.3) is 0 Å². The molecule has 4 rings (SSSR count). The van der Waals surface area contributed by atoms with Crippen molar-refractivity contribution >= 4 is 0 Å². The van der Waals surface area contributed by atoms with Crippen LogP contribution in [0, 0.1) is 34.5 Å². The second kappa shape index (κ2) is 3.74. The van der Waals surface area contributed by atoms with Crippen LogP contribution in [0.1, 0.15) is 58.8 Å². The van der Waals surface area contributed by atoms with Crippen LogP contribution in [0.4, 0.5) is 0 Å². The molecule has 0 aromatic rings. The van der Waals surface area contributed by atoms with Crippen LogP contribution < -0.4 is 11.3 Å². The van der Waals surface area contributed by atoms with E-state index in [1.807, 2.05) is 0 Å². The summed E-state index contributed by atoms with van der Waals surface area (Å²) in [5, 5.41) is 0. The predicted molar refractivity (Wildman–Crippen MR) is 74.4 cm³/mol. The third-order valence-corrected chi connectivity index (χ3v) is 5.78. The first-order valence-corrected chi connectivity index (χ1v) is 7.32. The smallest absolute Gasteiger partial charge is 0.0820 e. The van der Waals surface area contributed by atoms with Gasteiger partial charge in [0, 0.05) is 0 Å². The molecule has 0 aromatic carbocycles. The third kappa shape index (κ3) is 1.89. The molecule has 4 aliphatic carbocycles. The molecule has 4 bridgehead atoms. The van der Waals surface area contributed by atoms with Gasteiger partial charge in [0.2, 0.25) is 0 Å². The molecule has 4 fully saturated rings. The Balaban J connectivity index is 1.87. The van der Waals surface area contributed by atoms with Gasteiger partial charge < -0.3 is 0 Å². The summed E-state index contributed by atoms with van der Waals surface area (Å²) in [4.78, 5) is 0. The maximum Gasteiger partial charge on any atom is 0.0820 e. The number of rotatable bonds is 3. The minimum atomic E-state index is 0.0495. The molecule has 0 heterocycles. The molecule has 18 heavy (non-hydrogen) atoms. The van der Waals surface area contributed by atoms with Crippen molar-refractivity contribution in [3.05, 3.63) is 0 Å². The van der Waals surface area contributed by atoms with Crippen molar-refractivity contribution in [2.75, 3.05) is 0 Å². The van der Waals surface area contributed by atoms with Gasteiger partial charge in [0.05, 0.1) is 6.04 Å². The van der Waals surface area contributed by atoms with E-state index >= 15 is 0 Å². The molecule has 0 aromatic heterocycles. The number of hydrogen-bond donors (Lipinski definition) is 2. The van der Waals surface area contributed by atoms with Gasteiger partial charge in [-0.25, -0.2) is 5.43 Å². The minimum absolute atomic E-state index is 0.0495. The van der Waals surface area contributed by atoms with E-state index in [9.17, 15) is 0 Å². The maximum atomic E-state index is 5.59. The number of hydrogen-bond acceptors (Lipinski definition) is 2. The summed E-state index contributed by atoms with van der Waals surface area (Å²) in [5.74, 6) is 9.34. The Kier molecular flexibility index (Phi) is 2.60. The number of nitrogens with one attached hydrogen (secondary N) is 1. The summed E-state index contributed by atoms with van der Waals surface area (Å²) in [7, 11) is 0. The zero-order valence-corrected chi connectivity index (χ0v) is 11.8. The van der Waals surface area contributed by atoms with Crippen LogP contribution in [0.3, 0.4) is 0 Å². The van der Waals surface area contributed by atoms with Crippen molar-refractivity contribution in [1.29, 1.82) is 0 Å². The van der Waals surface area contributed by atoms with Crippen molar-refractivity contribution < 1.29 is 0 Å². The van der Waals surface area contributed by atoms with Gasteiger partial charge in [0.25, 0.3) is 0 Å². The van der Waals surface area contributed by atoms with E-state index in [0.717, 1.165) is 12.3 Å². The SMILES string of the molecule is C#CC(CC12CC3CC(C)(CC(C)(C3)C1)C2)NN. The summed E-state index contributed by atoms with van der Waals surface area (Å²) in [6.45, 7) is 5.01. The highest BCUT2D eigenvalue weighted by molar-refractivity contribution is 5.13. The van der Waals surface area contributed by atoms with Gasteiger partial charge >= 0.3 is 0 Å². The number of hydrazine groups is 1. The molecule has 0 amide bonds. The first kappa shape index (κ1) is 12.5. The van der Waals surface area contributed by atoms with Gasteiger partial charge in [0.15, 0.2) is 0 Å². The highest BCUT2D eigenvalue weighted by Gasteiger charge is 2.59. The molecule has 3 unspecified atom stereocenters. The van der Waals surface area contributed by atoms with E-state index in [0.29, 0.717) is 16.2 Å². The zero-order valence-electron chi connectivity index (χ0n) is 11.8. The first-order chi connectivity index (χ1) is 8.40. The van der Waals surface area contributed by atoms with Crippen molar-refractivity contribution in [2.45, 2.75) is 64.8 Å². The minimum Gasteiger partial charge on any atom is -0.270 e. The molecule has 2 nitrogen and oxygen atoms in total. The second-order valence-corrected chi connectivity index (χ2v) is 8.22. The van der Waals surface area contributed by atoms with Gasteiger partial charge in [0.1, 0.15) is 0 Å². The highest BCUT2D eigenvalue weighted by atomic mass is 15.2. The lowest BCUT2D eigenvalue weighted by atomic mass is 9.39. The lowest BCUT2D eigenvalue weighted by Gasteiger charge is -2.66. The Hall–Kier alpha value is -0.520. The maximum absolute atomic E-state index is 5.59. The van der Waals surface area contributed by atoms with E-state index in [1.54, 1.807) is 0 Å². The topological polar surface area (TPSA) is 38.0 Å². The second-order valence-electron chi connectivity index (χ2n) is 8.22. The molecule has 0 spiro atoms. The van der Waals surface area contributed by atoms with Gasteiger partial charge in [-0.05, 0) is 67.1 Å². The highest BCUT2D eigenvalue weighted by Crippen LogP contribution is 2.70. The van der Waals surface area contributed by atoms with E-state index in [1.165, 1.54) is 38.5 Å². The first-order valence-electron chi connectivity index (χ1n) is 7.32. The molecule has 3 N–H and O–H groups in total. The lowest BCUT2D eigenvalue weighted by Crippen LogP contribution is -2.56. The third-order valence-electron chi connectivity index (χ3n) is 5.78. The fourth-order valence-corrected chi connectivity index (χ4v) is 6.51. The van der Waals surface area contributed by atoms with Crippen LogP contribution in [-0.2, 0) is 0 Å². The van der Waals surface area contributed by atoms with Crippen LogP contribution in [0.15, 0.2) is 0 Å². The lowest BCUT2D eigenvalue weighted by molar-refractivity contribution is -0.148. The number of terminal acetylenes is 1. The van der Waals surface area contributed by atoms with Crippen LogP contribution >= 0.6 is 0 Å². The fourth-order valence-electron chi connectivity index (χ4n) is 6.51. The van der Waals surface area contributed by atoms with Crippen molar-refractivity contribution in [1.82, 2.24) is 5.43 Å². The molecule has 4 saturated carbocycles. The van der Waals surface area contributed by atoms with E-state index in [4.69, 9.17) is 12.3 Å². The number of nitrogens with two attached hydrogens (primary N) is 1. The Morgan fingerprint density at radius 2 is 1.83 bits per heavy atom. The van der Waals surface area contributed by atoms with Crippen molar-refractivity contribution in [3.63, 3.8) is 0 Å². The molecule has 100 valence electrons. The largest absolute Gasteiger partial charge is 0.270 e. The van der Waals surface area contributed by atoms with Gasteiger partial charge in [-0.3, -0.25) is 5.84 Å². The molecule has 0 radical (unpaired) electrons. The standard InChI is InChI=1S/C16H26N2/c1-4-13(18-17)8-16-7-12-5-14(2,10-16)9-15(3,6-12)11-16/h1,12-13,18H,5-11,17H2,2-3H3. The zero-order chi connectivity index (χ0) is 13.0. The van der Waals surface area contributed by atoms with E-state index in [-0.39, 0.29) is 6.04 Å². The molecular weight excluding hydrogens is 220 g/mol. The molecule has 4 aliphatic rings. The van der Waals surface area contributed by atoms with Crippen LogP contribution in [0.5, 0.6) is 0 Å². The van der Waals surface area contributed by atoms with Gasteiger partial charge in [-0.2, -0.15) is 0 Å². The Morgan fingerprint density at radius 1 is 1.22 bits per heavy atom. The predicted octanol–water partition coefficient (Wildman–Crippen LogP) is 2.84. The summed E-state index contributed by atoms with van der Waals surface area (Å²) >= 11 is 0. The molecular formula is C16H26N2. The van der Waals surface area contributed by atoms with Gasteiger partial charge in [-0.15, -0.1) is 6.42 Å². The van der Waals surface area contributed by atoms with Crippen molar-refractivity contribution in [2.24, 2.45) is 28.0 Å². The quantitative estimate of drug-likeness (QED) is 0.456. The van der Waals surface area contributed by atoms with Crippen LogP contribution in [-0.4, -0.2) is 6.04 Å². The van der Waals surface area contributed by atoms with Gasteiger partial charge in [-0.1, -0.05) is 19.8 Å². The van der Waals surface area contributed by atoms with Crippen LogP contribution in [0.2, 0.25) is 0 Å². The summed E-state index contributed by atoms with van der Waals surface area (Å²) in [6.07, 6.45) is 15.1.